The van der Waals surface area contributed by atoms with Gasteiger partial charge in [0.1, 0.15) is 0 Å². The van der Waals surface area contributed by atoms with Gasteiger partial charge in [-0.05, 0) is 24.2 Å². The number of benzene rings is 1. The van der Waals surface area contributed by atoms with Crippen LogP contribution in [0.25, 0.3) is 0 Å². The predicted octanol–water partition coefficient (Wildman–Crippen LogP) is 2.42. The zero-order valence-corrected chi connectivity index (χ0v) is 11.2. The zero-order valence-electron chi connectivity index (χ0n) is 10.4. The summed E-state index contributed by atoms with van der Waals surface area (Å²) in [7, 11) is 0. The molecule has 1 heterocycles. The molecule has 2 atom stereocenters. The average molecular weight is 251 g/mol. The summed E-state index contributed by atoms with van der Waals surface area (Å²) in [5.74, 6) is 1.22. The van der Waals surface area contributed by atoms with Gasteiger partial charge in [-0.2, -0.15) is 11.8 Å². The number of nitrogens with one attached hydrogen (secondary N) is 1. The van der Waals surface area contributed by atoms with Crippen molar-refractivity contribution in [3.05, 3.63) is 35.9 Å². The quantitative estimate of drug-likeness (QED) is 0.862. The average Bonchev–Trinajstić information content (AvgIpc) is 2.39. The van der Waals surface area contributed by atoms with Gasteiger partial charge in [-0.1, -0.05) is 37.3 Å². The molecule has 0 bridgehead atoms. The van der Waals surface area contributed by atoms with Gasteiger partial charge in [0, 0.05) is 11.8 Å². The van der Waals surface area contributed by atoms with Gasteiger partial charge in [0.05, 0.1) is 12.1 Å². The smallest absolute Gasteiger partial charge is 0.0624 e. The fourth-order valence-corrected chi connectivity index (χ4v) is 3.64. The Morgan fingerprint density at radius 3 is 2.82 bits per heavy atom. The second-order valence-electron chi connectivity index (χ2n) is 4.77. The molecule has 1 aliphatic rings. The molecule has 2 rings (SSSR count). The van der Waals surface area contributed by atoms with E-state index in [-0.39, 0.29) is 12.1 Å². The Hall–Kier alpha value is -0.510. The van der Waals surface area contributed by atoms with Crippen LogP contribution >= 0.6 is 11.8 Å². The monoisotopic (exact) mass is 251 g/mol. The van der Waals surface area contributed by atoms with Gasteiger partial charge in [-0.15, -0.1) is 0 Å². The Balaban J connectivity index is 1.99. The summed E-state index contributed by atoms with van der Waals surface area (Å²) in [4.78, 5) is 0. The van der Waals surface area contributed by atoms with E-state index >= 15 is 0 Å². The lowest BCUT2D eigenvalue weighted by atomic mass is 9.90. The van der Waals surface area contributed by atoms with Crippen molar-refractivity contribution in [3.63, 3.8) is 0 Å². The van der Waals surface area contributed by atoms with Gasteiger partial charge in [-0.3, -0.25) is 0 Å². The second-order valence-corrected chi connectivity index (χ2v) is 6.22. The maximum Gasteiger partial charge on any atom is 0.0624 e. The number of thioether (sulfide) groups is 1. The van der Waals surface area contributed by atoms with Crippen LogP contribution in [0.4, 0.5) is 0 Å². The summed E-state index contributed by atoms with van der Waals surface area (Å²) in [5, 5.41) is 13.8. The van der Waals surface area contributed by atoms with Gasteiger partial charge in [0.15, 0.2) is 0 Å². The van der Waals surface area contributed by atoms with Crippen LogP contribution in [0.3, 0.4) is 0 Å². The molecule has 17 heavy (non-hydrogen) atoms. The first kappa shape index (κ1) is 12.9. The molecule has 2 unspecified atom stereocenters. The minimum atomic E-state index is -0.0985. The summed E-state index contributed by atoms with van der Waals surface area (Å²) in [5.41, 5.74) is 1.18. The van der Waals surface area contributed by atoms with Crippen molar-refractivity contribution in [2.45, 2.75) is 37.1 Å². The van der Waals surface area contributed by atoms with E-state index in [0.29, 0.717) is 5.25 Å². The van der Waals surface area contributed by atoms with Crippen LogP contribution in [0.1, 0.15) is 25.3 Å². The molecule has 94 valence electrons. The van der Waals surface area contributed by atoms with Crippen LogP contribution in [0.15, 0.2) is 30.3 Å². The van der Waals surface area contributed by atoms with Crippen molar-refractivity contribution in [1.29, 1.82) is 0 Å². The lowest BCUT2D eigenvalue weighted by molar-refractivity contribution is 0.146. The minimum absolute atomic E-state index is 0.0985. The van der Waals surface area contributed by atoms with E-state index in [1.165, 1.54) is 17.7 Å². The van der Waals surface area contributed by atoms with E-state index in [9.17, 15) is 5.11 Å². The van der Waals surface area contributed by atoms with E-state index < -0.39 is 0 Å². The summed E-state index contributed by atoms with van der Waals surface area (Å²) in [6.45, 7) is 3.29. The number of hydrogen-bond acceptors (Lipinski definition) is 3. The second kappa shape index (κ2) is 5.89. The Kier molecular flexibility index (Phi) is 4.48. The van der Waals surface area contributed by atoms with Crippen molar-refractivity contribution in [1.82, 2.24) is 5.32 Å². The standard InChI is InChI=1S/C14H21NOS/c1-12-14(11-16,8-5-9-17-12)15-10-13-6-3-2-4-7-13/h2-4,6-7,12,15-16H,5,8-11H2,1H3. The maximum absolute atomic E-state index is 9.71. The fourth-order valence-electron chi connectivity index (χ4n) is 2.38. The summed E-state index contributed by atoms with van der Waals surface area (Å²) in [6, 6.07) is 10.4. The van der Waals surface area contributed by atoms with Gasteiger partial charge in [0.2, 0.25) is 0 Å². The zero-order chi connectivity index (χ0) is 12.1. The summed E-state index contributed by atoms with van der Waals surface area (Å²) >= 11 is 1.96. The highest BCUT2D eigenvalue weighted by Gasteiger charge is 2.37. The maximum atomic E-state index is 9.71. The van der Waals surface area contributed by atoms with E-state index in [4.69, 9.17) is 0 Å². The molecule has 0 spiro atoms. The first-order valence-electron chi connectivity index (χ1n) is 6.28. The summed E-state index contributed by atoms with van der Waals surface area (Å²) in [6.07, 6.45) is 2.27. The van der Waals surface area contributed by atoms with Gasteiger partial charge >= 0.3 is 0 Å². The SMILES string of the molecule is CC1SCCCC1(CO)NCc1ccccc1. The molecular weight excluding hydrogens is 230 g/mol. The van der Waals surface area contributed by atoms with E-state index in [1.807, 2.05) is 17.8 Å². The van der Waals surface area contributed by atoms with Crippen LogP contribution < -0.4 is 5.32 Å². The molecule has 0 aromatic heterocycles. The van der Waals surface area contributed by atoms with Gasteiger partial charge < -0.3 is 10.4 Å². The molecule has 2 nitrogen and oxygen atoms in total. The molecule has 3 heteroatoms. The molecule has 0 amide bonds. The highest BCUT2D eigenvalue weighted by atomic mass is 32.2. The lowest BCUT2D eigenvalue weighted by Crippen LogP contribution is -2.56. The number of aliphatic hydroxyl groups is 1. The van der Waals surface area contributed by atoms with Crippen LogP contribution in [0, 0.1) is 0 Å². The van der Waals surface area contributed by atoms with Gasteiger partial charge in [-0.25, -0.2) is 0 Å². The number of rotatable bonds is 4. The summed E-state index contributed by atoms with van der Waals surface area (Å²) < 4.78 is 0. The predicted molar refractivity (Wildman–Crippen MR) is 74.3 cm³/mol. The van der Waals surface area contributed by atoms with Crippen molar-refractivity contribution >= 4 is 11.8 Å². The Bertz CT molecular complexity index is 343. The van der Waals surface area contributed by atoms with Crippen LogP contribution in [0.5, 0.6) is 0 Å². The largest absolute Gasteiger partial charge is 0.394 e. The molecule has 2 N–H and O–H groups in total. The molecule has 0 saturated carbocycles. The lowest BCUT2D eigenvalue weighted by Gasteiger charge is -2.41. The number of aliphatic hydroxyl groups excluding tert-OH is 1. The van der Waals surface area contributed by atoms with Crippen LogP contribution in [-0.2, 0) is 6.54 Å². The third kappa shape index (κ3) is 3.03. The van der Waals surface area contributed by atoms with Crippen LogP contribution in [0.2, 0.25) is 0 Å². The third-order valence-electron chi connectivity index (χ3n) is 3.68. The minimum Gasteiger partial charge on any atom is -0.394 e. The first-order chi connectivity index (χ1) is 8.27. The molecule has 1 aromatic rings. The molecule has 0 aliphatic carbocycles. The Morgan fingerprint density at radius 2 is 2.18 bits per heavy atom. The topological polar surface area (TPSA) is 32.3 Å². The highest BCUT2D eigenvalue weighted by Crippen LogP contribution is 2.33. The Labute approximate surface area is 108 Å². The molecule has 1 aromatic carbocycles. The highest BCUT2D eigenvalue weighted by molar-refractivity contribution is 8.00. The number of hydrogen-bond donors (Lipinski definition) is 2. The van der Waals surface area contributed by atoms with E-state index in [2.05, 4.69) is 36.5 Å². The van der Waals surface area contributed by atoms with Crippen LogP contribution in [-0.4, -0.2) is 28.3 Å². The third-order valence-corrected chi connectivity index (χ3v) is 5.16. The first-order valence-corrected chi connectivity index (χ1v) is 7.33. The normalized spacial score (nSPS) is 29.2. The Morgan fingerprint density at radius 1 is 1.41 bits per heavy atom. The molecule has 1 fully saturated rings. The fraction of sp³-hybridized carbons (Fsp3) is 0.571. The molecular formula is C14H21NOS. The van der Waals surface area contributed by atoms with Crippen molar-refractivity contribution in [2.75, 3.05) is 12.4 Å². The van der Waals surface area contributed by atoms with Crippen molar-refractivity contribution in [3.8, 4) is 0 Å². The van der Waals surface area contributed by atoms with Crippen molar-refractivity contribution in [2.24, 2.45) is 0 Å². The van der Waals surface area contributed by atoms with Gasteiger partial charge in [0.25, 0.3) is 0 Å². The van der Waals surface area contributed by atoms with Crippen molar-refractivity contribution < 1.29 is 5.11 Å². The molecule has 1 saturated heterocycles. The molecule has 1 aliphatic heterocycles. The van der Waals surface area contributed by atoms with E-state index in [0.717, 1.165) is 13.0 Å². The van der Waals surface area contributed by atoms with E-state index in [1.54, 1.807) is 0 Å². The molecule has 0 radical (unpaired) electrons.